The number of halogens is 3. The Morgan fingerprint density at radius 2 is 1.86 bits per heavy atom. The Hall–Kier alpha value is -3.35. The Kier molecular flexibility index (Phi) is 4.50. The molecule has 4 rings (SSSR count). The number of anilines is 3. The number of amides is 1. The molecule has 4 nitrogen and oxygen atoms in total. The number of benzene rings is 2. The van der Waals surface area contributed by atoms with Gasteiger partial charge in [0, 0.05) is 24.1 Å². The van der Waals surface area contributed by atoms with Gasteiger partial charge in [0.15, 0.2) is 0 Å². The number of fused-ring (bicyclic) bond motifs is 1. The van der Waals surface area contributed by atoms with E-state index in [1.807, 2.05) is 24.3 Å². The van der Waals surface area contributed by atoms with Crippen molar-refractivity contribution in [3.63, 3.8) is 0 Å². The van der Waals surface area contributed by atoms with Crippen molar-refractivity contribution >= 4 is 23.1 Å². The second-order valence-corrected chi connectivity index (χ2v) is 6.47. The van der Waals surface area contributed by atoms with Crippen molar-refractivity contribution in [2.45, 2.75) is 12.6 Å². The molecule has 1 aliphatic rings. The van der Waals surface area contributed by atoms with Crippen LogP contribution in [0.1, 0.15) is 21.5 Å². The minimum atomic E-state index is -4.41. The lowest BCUT2D eigenvalue weighted by molar-refractivity contribution is -0.137. The Morgan fingerprint density at radius 3 is 2.61 bits per heavy atom. The summed E-state index contributed by atoms with van der Waals surface area (Å²) in [6, 6.07) is 15.8. The number of aromatic nitrogens is 1. The summed E-state index contributed by atoms with van der Waals surface area (Å²) >= 11 is 0. The molecular weight excluding hydrogens is 367 g/mol. The summed E-state index contributed by atoms with van der Waals surface area (Å²) in [6.45, 7) is 0.614. The number of alkyl halides is 3. The van der Waals surface area contributed by atoms with Gasteiger partial charge in [0.25, 0.3) is 5.91 Å². The Balaban J connectivity index is 1.50. The number of hydrogen-bond acceptors (Lipinski definition) is 3. The maximum Gasteiger partial charge on any atom is 0.416 e. The fraction of sp³-hybridized carbons (Fsp3) is 0.143. The molecule has 1 N–H and O–H groups in total. The number of para-hydroxylation sites is 1. The molecule has 1 aromatic heterocycles. The molecule has 1 aliphatic heterocycles. The molecule has 0 atom stereocenters. The molecule has 2 heterocycles. The maximum absolute atomic E-state index is 12.8. The van der Waals surface area contributed by atoms with Crippen molar-refractivity contribution in [2.75, 3.05) is 16.8 Å². The number of rotatable bonds is 3. The van der Waals surface area contributed by atoms with Crippen LogP contribution in [0.15, 0.2) is 66.9 Å². The first-order valence-electron chi connectivity index (χ1n) is 8.72. The first-order valence-corrected chi connectivity index (χ1v) is 8.72. The lowest BCUT2D eigenvalue weighted by Gasteiger charge is -2.17. The molecule has 2 aromatic carbocycles. The van der Waals surface area contributed by atoms with Gasteiger partial charge in [0.2, 0.25) is 0 Å². The van der Waals surface area contributed by atoms with Gasteiger partial charge in [-0.3, -0.25) is 4.79 Å². The van der Waals surface area contributed by atoms with Crippen LogP contribution in [-0.4, -0.2) is 17.4 Å². The molecule has 0 spiro atoms. The van der Waals surface area contributed by atoms with Gasteiger partial charge in [0.05, 0.1) is 11.1 Å². The first kappa shape index (κ1) is 18.0. The average Bonchev–Trinajstić information content (AvgIpc) is 3.12. The Morgan fingerprint density at radius 1 is 1.04 bits per heavy atom. The van der Waals surface area contributed by atoms with Crippen molar-refractivity contribution in [1.82, 2.24) is 4.98 Å². The second kappa shape index (κ2) is 6.99. The number of carbonyl (C=O) groups excluding carboxylic acids is 1. The van der Waals surface area contributed by atoms with Crippen molar-refractivity contribution in [1.29, 1.82) is 0 Å². The van der Waals surface area contributed by atoms with Crippen LogP contribution in [0.3, 0.4) is 0 Å². The van der Waals surface area contributed by atoms with Crippen LogP contribution in [-0.2, 0) is 12.6 Å². The molecule has 0 unspecified atom stereocenters. The van der Waals surface area contributed by atoms with E-state index >= 15 is 0 Å². The van der Waals surface area contributed by atoms with Crippen LogP contribution in [0.25, 0.3) is 0 Å². The number of nitrogens with zero attached hydrogens (tertiary/aromatic N) is 2. The standard InChI is InChI=1S/C21H16F3N3O/c22-21(23,24)16-5-3-6-17(12-16)26-19-9-8-15(13-25-19)20(28)27-11-10-14-4-1-2-7-18(14)27/h1-9,12-13H,10-11H2,(H,25,26). The lowest BCUT2D eigenvalue weighted by atomic mass is 10.2. The normalized spacial score (nSPS) is 13.3. The highest BCUT2D eigenvalue weighted by Gasteiger charge is 2.30. The molecule has 0 saturated heterocycles. The topological polar surface area (TPSA) is 45.2 Å². The summed E-state index contributed by atoms with van der Waals surface area (Å²) < 4.78 is 38.4. The van der Waals surface area contributed by atoms with Gasteiger partial charge in [0.1, 0.15) is 5.82 Å². The van der Waals surface area contributed by atoms with Gasteiger partial charge in [-0.05, 0) is 48.4 Å². The minimum absolute atomic E-state index is 0.150. The number of nitrogens with one attached hydrogen (secondary N) is 1. The summed E-state index contributed by atoms with van der Waals surface area (Å²) in [6.07, 6.45) is -2.17. The van der Waals surface area contributed by atoms with Crippen LogP contribution in [0.2, 0.25) is 0 Å². The summed E-state index contributed by atoms with van der Waals surface area (Å²) in [4.78, 5) is 18.7. The Bertz CT molecular complexity index is 1020. The third-order valence-corrected chi connectivity index (χ3v) is 4.61. The van der Waals surface area contributed by atoms with Crippen molar-refractivity contribution in [3.8, 4) is 0 Å². The van der Waals surface area contributed by atoms with Gasteiger partial charge in [-0.1, -0.05) is 24.3 Å². The minimum Gasteiger partial charge on any atom is -0.340 e. The molecule has 3 aromatic rings. The number of carbonyl (C=O) groups is 1. The van der Waals surface area contributed by atoms with E-state index in [9.17, 15) is 18.0 Å². The zero-order valence-electron chi connectivity index (χ0n) is 14.7. The molecule has 0 saturated carbocycles. The molecule has 0 radical (unpaired) electrons. The quantitative estimate of drug-likeness (QED) is 0.689. The van der Waals surface area contributed by atoms with E-state index in [-0.39, 0.29) is 11.6 Å². The molecule has 1 amide bonds. The second-order valence-electron chi connectivity index (χ2n) is 6.47. The SMILES string of the molecule is O=C(c1ccc(Nc2cccc(C(F)(F)F)c2)nc1)N1CCc2ccccc21. The van der Waals surface area contributed by atoms with E-state index in [2.05, 4.69) is 10.3 Å². The third kappa shape index (κ3) is 3.55. The van der Waals surface area contributed by atoms with Gasteiger partial charge in [-0.15, -0.1) is 0 Å². The smallest absolute Gasteiger partial charge is 0.340 e. The summed E-state index contributed by atoms with van der Waals surface area (Å²) in [7, 11) is 0. The Labute approximate surface area is 159 Å². The van der Waals surface area contributed by atoms with Crippen LogP contribution in [0.4, 0.5) is 30.4 Å². The lowest BCUT2D eigenvalue weighted by Crippen LogP contribution is -2.28. The van der Waals surface area contributed by atoms with Crippen LogP contribution in [0, 0.1) is 0 Å². The number of hydrogen-bond donors (Lipinski definition) is 1. The highest BCUT2D eigenvalue weighted by molar-refractivity contribution is 6.07. The predicted molar refractivity (Wildman–Crippen MR) is 101 cm³/mol. The summed E-state index contributed by atoms with van der Waals surface area (Å²) in [5.41, 5.74) is 1.99. The van der Waals surface area contributed by atoms with Gasteiger partial charge in [-0.2, -0.15) is 13.2 Å². The largest absolute Gasteiger partial charge is 0.416 e. The highest BCUT2D eigenvalue weighted by atomic mass is 19.4. The number of pyridine rings is 1. The van der Waals surface area contributed by atoms with Crippen molar-refractivity contribution in [2.24, 2.45) is 0 Å². The van der Waals surface area contributed by atoms with Gasteiger partial charge in [-0.25, -0.2) is 4.98 Å². The fourth-order valence-electron chi connectivity index (χ4n) is 3.22. The third-order valence-electron chi connectivity index (χ3n) is 4.61. The van der Waals surface area contributed by atoms with Crippen molar-refractivity contribution < 1.29 is 18.0 Å². The highest BCUT2D eigenvalue weighted by Crippen LogP contribution is 2.31. The van der Waals surface area contributed by atoms with Gasteiger partial charge >= 0.3 is 6.18 Å². The van der Waals surface area contributed by atoms with Crippen LogP contribution >= 0.6 is 0 Å². The van der Waals surface area contributed by atoms with E-state index in [1.54, 1.807) is 17.0 Å². The summed E-state index contributed by atoms with van der Waals surface area (Å²) in [5.74, 6) is 0.209. The van der Waals surface area contributed by atoms with Crippen molar-refractivity contribution in [3.05, 3.63) is 83.6 Å². The monoisotopic (exact) mass is 383 g/mol. The molecule has 0 fully saturated rings. The average molecular weight is 383 g/mol. The van der Waals surface area contributed by atoms with Gasteiger partial charge < -0.3 is 10.2 Å². The van der Waals surface area contributed by atoms with E-state index in [1.165, 1.54) is 18.3 Å². The van der Waals surface area contributed by atoms with E-state index in [4.69, 9.17) is 0 Å². The molecule has 0 aliphatic carbocycles. The van der Waals surface area contributed by atoms with Crippen LogP contribution in [0.5, 0.6) is 0 Å². The van der Waals surface area contributed by atoms with E-state index < -0.39 is 11.7 Å². The summed E-state index contributed by atoms with van der Waals surface area (Å²) in [5, 5.41) is 2.83. The van der Waals surface area contributed by atoms with E-state index in [0.29, 0.717) is 17.9 Å². The van der Waals surface area contributed by atoms with E-state index in [0.717, 1.165) is 29.8 Å². The molecule has 0 bridgehead atoms. The van der Waals surface area contributed by atoms with Crippen LogP contribution < -0.4 is 10.2 Å². The first-order chi connectivity index (χ1) is 13.4. The maximum atomic E-state index is 12.8. The molecule has 7 heteroatoms. The predicted octanol–water partition coefficient (Wildman–Crippen LogP) is 5.05. The molecule has 28 heavy (non-hydrogen) atoms. The molecular formula is C21H16F3N3O. The zero-order valence-corrected chi connectivity index (χ0v) is 14.7. The zero-order chi connectivity index (χ0) is 19.7. The fourth-order valence-corrected chi connectivity index (χ4v) is 3.22. The molecule has 142 valence electrons.